The van der Waals surface area contributed by atoms with Crippen molar-refractivity contribution in [1.29, 1.82) is 0 Å². The van der Waals surface area contributed by atoms with E-state index in [1.54, 1.807) is 31.3 Å². The van der Waals surface area contributed by atoms with Crippen LogP contribution in [0.15, 0.2) is 36.5 Å². The number of hydrogen-bond acceptors (Lipinski definition) is 4. The highest BCUT2D eigenvalue weighted by atomic mass is 16.6. The Morgan fingerprint density at radius 2 is 1.88 bits per heavy atom. The molecule has 0 aliphatic carbocycles. The van der Waals surface area contributed by atoms with E-state index in [-0.39, 0.29) is 5.69 Å². The van der Waals surface area contributed by atoms with Gasteiger partial charge in [-0.1, -0.05) is 0 Å². The van der Waals surface area contributed by atoms with Crippen molar-refractivity contribution in [2.45, 2.75) is 6.92 Å². The zero-order chi connectivity index (χ0) is 11.5. The van der Waals surface area contributed by atoms with Gasteiger partial charge in [0.25, 0.3) is 5.69 Å². The van der Waals surface area contributed by atoms with Gasteiger partial charge >= 0.3 is 0 Å². The Hall–Kier alpha value is -2.30. The van der Waals surface area contributed by atoms with Crippen molar-refractivity contribution in [2.75, 3.05) is 0 Å². The number of aryl methyl sites for hydroxylation is 1. The van der Waals surface area contributed by atoms with Gasteiger partial charge in [-0.15, -0.1) is 0 Å². The van der Waals surface area contributed by atoms with Gasteiger partial charge in [-0.05, 0) is 25.1 Å². The molecule has 0 N–H and O–H groups in total. The van der Waals surface area contributed by atoms with Crippen LogP contribution in [-0.2, 0) is 0 Å². The Morgan fingerprint density at radius 3 is 2.44 bits per heavy atom. The van der Waals surface area contributed by atoms with Gasteiger partial charge in [0.05, 0.1) is 10.6 Å². The van der Waals surface area contributed by atoms with Crippen LogP contribution in [0, 0.1) is 17.0 Å². The molecule has 2 aromatic rings. The maximum Gasteiger partial charge on any atom is 0.269 e. The molecule has 0 radical (unpaired) electrons. The maximum atomic E-state index is 10.5. The molecule has 1 aromatic heterocycles. The normalized spacial score (nSPS) is 10.1. The number of non-ortho nitro benzene ring substituents is 1. The molecule has 1 aromatic carbocycles. The first kappa shape index (κ1) is 10.2. The molecule has 1 heterocycles. The van der Waals surface area contributed by atoms with Crippen molar-refractivity contribution < 1.29 is 4.92 Å². The van der Waals surface area contributed by atoms with Crippen LogP contribution in [0.2, 0.25) is 0 Å². The van der Waals surface area contributed by atoms with Gasteiger partial charge in [0.2, 0.25) is 0 Å². The summed E-state index contributed by atoms with van der Waals surface area (Å²) in [6, 6.07) is 8.06. The largest absolute Gasteiger partial charge is 0.269 e. The number of nitro benzene ring substituents is 1. The Morgan fingerprint density at radius 1 is 1.19 bits per heavy atom. The van der Waals surface area contributed by atoms with Gasteiger partial charge < -0.3 is 0 Å². The lowest BCUT2D eigenvalue weighted by molar-refractivity contribution is -0.384. The second kappa shape index (κ2) is 4.06. The molecule has 0 aliphatic rings. The monoisotopic (exact) mass is 215 g/mol. The highest BCUT2D eigenvalue weighted by Crippen LogP contribution is 2.20. The molecule has 0 unspecified atom stereocenters. The molecular weight excluding hydrogens is 206 g/mol. The molecule has 0 bridgehead atoms. The lowest BCUT2D eigenvalue weighted by Gasteiger charge is -2.00. The molecule has 80 valence electrons. The van der Waals surface area contributed by atoms with Gasteiger partial charge in [0.1, 0.15) is 5.82 Å². The van der Waals surface area contributed by atoms with Gasteiger partial charge in [0, 0.05) is 23.9 Å². The number of aromatic nitrogens is 2. The molecule has 5 nitrogen and oxygen atoms in total. The molecule has 0 saturated heterocycles. The predicted molar refractivity (Wildman–Crippen MR) is 58.9 cm³/mol. The summed E-state index contributed by atoms with van der Waals surface area (Å²) in [7, 11) is 0. The van der Waals surface area contributed by atoms with E-state index in [9.17, 15) is 10.1 Å². The van der Waals surface area contributed by atoms with Crippen molar-refractivity contribution in [3.63, 3.8) is 0 Å². The Balaban J connectivity index is 2.38. The lowest BCUT2D eigenvalue weighted by Crippen LogP contribution is -1.91. The van der Waals surface area contributed by atoms with E-state index in [4.69, 9.17) is 0 Å². The van der Waals surface area contributed by atoms with E-state index in [1.807, 2.05) is 0 Å². The molecule has 0 amide bonds. The molecule has 0 spiro atoms. The quantitative estimate of drug-likeness (QED) is 0.569. The minimum atomic E-state index is -0.422. The van der Waals surface area contributed by atoms with Crippen LogP contribution in [0.25, 0.3) is 11.3 Å². The summed E-state index contributed by atoms with van der Waals surface area (Å²) in [6.45, 7) is 1.80. The Bertz CT molecular complexity index is 523. The van der Waals surface area contributed by atoms with Gasteiger partial charge in [-0.3, -0.25) is 10.1 Å². The first-order chi connectivity index (χ1) is 7.66. The van der Waals surface area contributed by atoms with E-state index in [0.29, 0.717) is 5.82 Å². The number of nitro groups is 1. The van der Waals surface area contributed by atoms with E-state index in [1.165, 1.54) is 12.1 Å². The fourth-order valence-electron chi connectivity index (χ4n) is 1.37. The number of benzene rings is 1. The van der Waals surface area contributed by atoms with Crippen LogP contribution in [0.4, 0.5) is 5.69 Å². The van der Waals surface area contributed by atoms with Crippen molar-refractivity contribution >= 4 is 5.69 Å². The summed E-state index contributed by atoms with van der Waals surface area (Å²) in [4.78, 5) is 18.3. The minimum absolute atomic E-state index is 0.0783. The molecule has 5 heteroatoms. The highest BCUT2D eigenvalue weighted by molar-refractivity contribution is 5.60. The van der Waals surface area contributed by atoms with Crippen molar-refractivity contribution in [3.8, 4) is 11.3 Å². The summed E-state index contributed by atoms with van der Waals surface area (Å²) in [5.74, 6) is 0.677. The lowest BCUT2D eigenvalue weighted by atomic mass is 10.1. The van der Waals surface area contributed by atoms with E-state index in [2.05, 4.69) is 9.97 Å². The summed E-state index contributed by atoms with van der Waals surface area (Å²) < 4.78 is 0. The van der Waals surface area contributed by atoms with Crippen LogP contribution in [0.1, 0.15) is 5.82 Å². The van der Waals surface area contributed by atoms with Crippen LogP contribution in [-0.4, -0.2) is 14.9 Å². The topological polar surface area (TPSA) is 68.9 Å². The zero-order valence-corrected chi connectivity index (χ0v) is 8.62. The van der Waals surface area contributed by atoms with Gasteiger partial charge in [-0.25, -0.2) is 9.97 Å². The summed E-state index contributed by atoms with van der Waals surface area (Å²) in [5, 5.41) is 10.5. The molecule has 0 aliphatic heterocycles. The number of rotatable bonds is 2. The van der Waals surface area contributed by atoms with Gasteiger partial charge in [0.15, 0.2) is 0 Å². The average molecular weight is 215 g/mol. The second-order valence-electron chi connectivity index (χ2n) is 3.29. The third-order valence-electron chi connectivity index (χ3n) is 2.15. The predicted octanol–water partition coefficient (Wildman–Crippen LogP) is 2.36. The Kier molecular flexibility index (Phi) is 2.59. The SMILES string of the molecule is Cc1nccc(-c2ccc([N+](=O)[O-])cc2)n1. The van der Waals surface area contributed by atoms with Crippen LogP contribution < -0.4 is 0 Å². The average Bonchev–Trinajstić information content (AvgIpc) is 2.29. The molecule has 16 heavy (non-hydrogen) atoms. The van der Waals surface area contributed by atoms with Crippen molar-refractivity contribution in [1.82, 2.24) is 9.97 Å². The summed E-state index contributed by atoms with van der Waals surface area (Å²) in [5.41, 5.74) is 1.69. The van der Waals surface area contributed by atoms with E-state index in [0.717, 1.165) is 11.3 Å². The molecular formula is C11H9N3O2. The first-order valence-electron chi connectivity index (χ1n) is 4.71. The minimum Gasteiger partial charge on any atom is -0.258 e. The van der Waals surface area contributed by atoms with Gasteiger partial charge in [-0.2, -0.15) is 0 Å². The van der Waals surface area contributed by atoms with Crippen LogP contribution >= 0.6 is 0 Å². The van der Waals surface area contributed by atoms with Crippen molar-refractivity contribution in [3.05, 3.63) is 52.5 Å². The standard InChI is InChI=1S/C11H9N3O2/c1-8-12-7-6-11(13-8)9-2-4-10(5-3-9)14(15)16/h2-7H,1H3. The third-order valence-corrected chi connectivity index (χ3v) is 2.15. The molecule has 2 rings (SSSR count). The molecule has 0 saturated carbocycles. The fraction of sp³-hybridized carbons (Fsp3) is 0.0909. The number of nitrogens with zero attached hydrogens (tertiary/aromatic N) is 3. The highest BCUT2D eigenvalue weighted by Gasteiger charge is 2.05. The smallest absolute Gasteiger partial charge is 0.258 e. The van der Waals surface area contributed by atoms with Crippen molar-refractivity contribution in [2.24, 2.45) is 0 Å². The fourth-order valence-corrected chi connectivity index (χ4v) is 1.37. The maximum absolute atomic E-state index is 10.5. The second-order valence-corrected chi connectivity index (χ2v) is 3.29. The summed E-state index contributed by atoms with van der Waals surface area (Å²) in [6.07, 6.45) is 1.67. The van der Waals surface area contributed by atoms with E-state index < -0.39 is 4.92 Å². The van der Waals surface area contributed by atoms with E-state index >= 15 is 0 Å². The number of hydrogen-bond donors (Lipinski definition) is 0. The first-order valence-corrected chi connectivity index (χ1v) is 4.71. The zero-order valence-electron chi connectivity index (χ0n) is 8.62. The molecule has 0 fully saturated rings. The third kappa shape index (κ3) is 2.03. The van der Waals surface area contributed by atoms with Crippen LogP contribution in [0.3, 0.4) is 0 Å². The molecule has 0 atom stereocenters. The Labute approximate surface area is 91.9 Å². The van der Waals surface area contributed by atoms with Crippen LogP contribution in [0.5, 0.6) is 0 Å². The summed E-state index contributed by atoms with van der Waals surface area (Å²) >= 11 is 0.